The monoisotopic (exact) mass is 465 g/mol. The molecule has 0 unspecified atom stereocenters. The minimum atomic E-state index is -3.81. The van der Waals surface area contributed by atoms with Gasteiger partial charge in [-0.1, -0.05) is 59.3 Å². The van der Waals surface area contributed by atoms with Crippen LogP contribution < -0.4 is 5.32 Å². The Labute approximate surface area is 194 Å². The number of hydrogen-bond acceptors (Lipinski definition) is 5. The summed E-state index contributed by atoms with van der Waals surface area (Å²) in [7, 11) is -3.81. The highest BCUT2D eigenvalue weighted by atomic mass is 32.2. The predicted octanol–water partition coefficient (Wildman–Crippen LogP) is 4.50. The molecule has 7 nitrogen and oxygen atoms in total. The Hall–Kier alpha value is -3.23. The number of anilines is 1. The quantitative estimate of drug-likeness (QED) is 0.579. The van der Waals surface area contributed by atoms with Crippen molar-refractivity contribution in [3.63, 3.8) is 0 Å². The van der Waals surface area contributed by atoms with Crippen LogP contribution in [0.2, 0.25) is 0 Å². The van der Waals surface area contributed by atoms with E-state index in [2.05, 4.69) is 10.5 Å². The molecule has 4 rings (SSSR count). The Kier molecular flexibility index (Phi) is 6.76. The lowest BCUT2D eigenvalue weighted by Gasteiger charge is -2.30. The first-order valence-electron chi connectivity index (χ1n) is 10.9. The third kappa shape index (κ3) is 5.23. The minimum absolute atomic E-state index is 0.0815. The van der Waals surface area contributed by atoms with Gasteiger partial charge in [0, 0.05) is 24.7 Å². The summed E-state index contributed by atoms with van der Waals surface area (Å²) >= 11 is 0. The molecule has 0 atom stereocenters. The lowest BCUT2D eigenvalue weighted by atomic mass is 9.97. The summed E-state index contributed by atoms with van der Waals surface area (Å²) in [5, 5.41) is 6.80. The number of carbonyl (C=O) groups is 1. The summed E-state index contributed by atoms with van der Waals surface area (Å²) in [6, 6.07) is 17.1. The van der Waals surface area contributed by atoms with E-state index in [1.807, 2.05) is 61.5 Å². The first-order chi connectivity index (χ1) is 15.8. The maximum Gasteiger partial charge on any atom is 0.248 e. The second-order valence-corrected chi connectivity index (χ2v) is 10.1. The second kappa shape index (κ2) is 9.72. The number of sulfonamides is 1. The zero-order valence-electron chi connectivity index (χ0n) is 18.7. The molecule has 0 saturated carbocycles. The molecule has 2 aromatic carbocycles. The molecule has 0 spiro atoms. The number of benzene rings is 2. The van der Waals surface area contributed by atoms with E-state index in [4.69, 9.17) is 4.52 Å². The second-order valence-electron chi connectivity index (χ2n) is 8.24. The third-order valence-electron chi connectivity index (χ3n) is 5.80. The fourth-order valence-electron chi connectivity index (χ4n) is 3.90. The Bertz CT molecular complexity index is 1240. The maximum atomic E-state index is 13.4. The standard InChI is InChI=1S/C25H27N3O4S/c1-18-8-10-20(11-9-18)12-13-23-24(19(2)27-32-23)33(30,31)28-16-14-21(15-17-28)25(29)26-22-6-4-3-5-7-22/h3-13,21H,14-17H2,1-2H3,(H,26,29)/b13-12+. The van der Waals surface area contributed by atoms with Crippen LogP contribution in [0.5, 0.6) is 0 Å². The molecule has 3 aromatic rings. The highest BCUT2D eigenvalue weighted by Gasteiger charge is 2.35. The van der Waals surface area contributed by atoms with Gasteiger partial charge in [-0.25, -0.2) is 8.42 Å². The van der Waals surface area contributed by atoms with E-state index < -0.39 is 10.0 Å². The molecule has 1 aromatic heterocycles. The summed E-state index contributed by atoms with van der Waals surface area (Å²) < 4.78 is 33.6. The van der Waals surface area contributed by atoms with Crippen LogP contribution in [0.15, 0.2) is 64.0 Å². The number of aromatic nitrogens is 1. The summed E-state index contributed by atoms with van der Waals surface area (Å²) in [6.07, 6.45) is 4.35. The highest BCUT2D eigenvalue weighted by molar-refractivity contribution is 7.89. The summed E-state index contributed by atoms with van der Waals surface area (Å²) in [4.78, 5) is 12.7. The molecule has 0 bridgehead atoms. The van der Waals surface area contributed by atoms with E-state index in [9.17, 15) is 13.2 Å². The van der Waals surface area contributed by atoms with Crippen LogP contribution in [0.4, 0.5) is 5.69 Å². The molecule has 172 valence electrons. The van der Waals surface area contributed by atoms with Crippen LogP contribution >= 0.6 is 0 Å². The van der Waals surface area contributed by atoms with Crippen molar-refractivity contribution in [3.8, 4) is 0 Å². The molecular formula is C25H27N3O4S. The molecule has 33 heavy (non-hydrogen) atoms. The maximum absolute atomic E-state index is 13.4. The van der Waals surface area contributed by atoms with Gasteiger partial charge in [-0.15, -0.1) is 0 Å². The minimum Gasteiger partial charge on any atom is -0.355 e. The van der Waals surface area contributed by atoms with Gasteiger partial charge in [0.25, 0.3) is 0 Å². The smallest absolute Gasteiger partial charge is 0.248 e. The highest BCUT2D eigenvalue weighted by Crippen LogP contribution is 2.29. The average molecular weight is 466 g/mol. The summed E-state index contributed by atoms with van der Waals surface area (Å²) in [5.41, 5.74) is 3.14. The van der Waals surface area contributed by atoms with Gasteiger partial charge in [0.05, 0.1) is 0 Å². The Balaban J connectivity index is 1.45. The number of nitrogens with one attached hydrogen (secondary N) is 1. The zero-order chi connectivity index (χ0) is 23.4. The predicted molar refractivity (Wildman–Crippen MR) is 128 cm³/mol. The van der Waals surface area contributed by atoms with E-state index in [0.29, 0.717) is 18.5 Å². The van der Waals surface area contributed by atoms with Crippen molar-refractivity contribution >= 4 is 33.8 Å². The first kappa shape index (κ1) is 22.9. The molecule has 1 fully saturated rings. The lowest BCUT2D eigenvalue weighted by molar-refractivity contribution is -0.120. The Morgan fingerprint density at radius 2 is 1.70 bits per heavy atom. The zero-order valence-corrected chi connectivity index (χ0v) is 19.5. The van der Waals surface area contributed by atoms with Crippen LogP contribution in [0, 0.1) is 19.8 Å². The Morgan fingerprint density at radius 1 is 1.03 bits per heavy atom. The van der Waals surface area contributed by atoms with Crippen molar-refractivity contribution in [2.24, 2.45) is 5.92 Å². The Morgan fingerprint density at radius 3 is 2.36 bits per heavy atom. The normalized spacial score (nSPS) is 15.7. The molecule has 1 N–H and O–H groups in total. The van der Waals surface area contributed by atoms with E-state index >= 15 is 0 Å². The molecule has 1 aliphatic rings. The molecular weight excluding hydrogens is 438 g/mol. The molecule has 1 aliphatic heterocycles. The van der Waals surface area contributed by atoms with Gasteiger partial charge in [-0.05, 0) is 50.5 Å². The van der Waals surface area contributed by atoms with Gasteiger partial charge in [0.2, 0.25) is 15.9 Å². The summed E-state index contributed by atoms with van der Waals surface area (Å²) in [6.45, 7) is 4.16. The fourth-order valence-corrected chi connectivity index (χ4v) is 5.62. The van der Waals surface area contributed by atoms with Crippen LogP contribution in [-0.4, -0.2) is 36.9 Å². The van der Waals surface area contributed by atoms with Crippen molar-refractivity contribution in [2.75, 3.05) is 18.4 Å². The van der Waals surface area contributed by atoms with Gasteiger partial charge in [-0.3, -0.25) is 4.79 Å². The lowest BCUT2D eigenvalue weighted by Crippen LogP contribution is -2.41. The van der Waals surface area contributed by atoms with E-state index in [0.717, 1.165) is 16.8 Å². The third-order valence-corrected chi connectivity index (χ3v) is 7.86. The van der Waals surface area contributed by atoms with Crippen LogP contribution in [0.1, 0.15) is 35.4 Å². The average Bonchev–Trinajstić information content (AvgIpc) is 3.20. The first-order valence-corrected chi connectivity index (χ1v) is 12.4. The van der Waals surface area contributed by atoms with Crippen molar-refractivity contribution in [3.05, 3.63) is 77.2 Å². The van der Waals surface area contributed by atoms with Crippen LogP contribution in [-0.2, 0) is 14.8 Å². The van der Waals surface area contributed by atoms with Crippen molar-refractivity contribution < 1.29 is 17.7 Å². The van der Waals surface area contributed by atoms with Gasteiger partial charge in [-0.2, -0.15) is 4.31 Å². The number of hydrogen-bond donors (Lipinski definition) is 1. The van der Waals surface area contributed by atoms with Crippen molar-refractivity contribution in [1.82, 2.24) is 9.46 Å². The molecule has 1 amide bonds. The number of amides is 1. The van der Waals surface area contributed by atoms with Gasteiger partial charge >= 0.3 is 0 Å². The number of aryl methyl sites for hydroxylation is 2. The van der Waals surface area contributed by atoms with Crippen LogP contribution in [0.3, 0.4) is 0 Å². The van der Waals surface area contributed by atoms with Gasteiger partial charge < -0.3 is 9.84 Å². The SMILES string of the molecule is Cc1ccc(/C=C/c2onc(C)c2S(=O)(=O)N2CCC(C(=O)Nc3ccccc3)CC2)cc1. The number of rotatable bonds is 6. The number of carbonyl (C=O) groups excluding carboxylic acids is 1. The van der Waals surface area contributed by atoms with Gasteiger partial charge in [0.1, 0.15) is 5.69 Å². The van der Waals surface area contributed by atoms with E-state index in [1.165, 1.54) is 4.31 Å². The topological polar surface area (TPSA) is 92.5 Å². The number of piperidine rings is 1. The molecule has 0 radical (unpaired) electrons. The van der Waals surface area contributed by atoms with E-state index in [1.54, 1.807) is 19.1 Å². The molecule has 0 aliphatic carbocycles. The van der Waals surface area contributed by atoms with Crippen molar-refractivity contribution in [2.45, 2.75) is 31.6 Å². The van der Waals surface area contributed by atoms with E-state index in [-0.39, 0.29) is 35.6 Å². The van der Waals surface area contributed by atoms with Crippen molar-refractivity contribution in [1.29, 1.82) is 0 Å². The number of para-hydroxylation sites is 1. The van der Waals surface area contributed by atoms with Crippen LogP contribution in [0.25, 0.3) is 12.2 Å². The largest absolute Gasteiger partial charge is 0.355 e. The molecule has 2 heterocycles. The number of nitrogens with zero attached hydrogens (tertiary/aromatic N) is 2. The molecule has 8 heteroatoms. The summed E-state index contributed by atoms with van der Waals surface area (Å²) in [5.74, 6) is -0.112. The van der Waals surface area contributed by atoms with Gasteiger partial charge in [0.15, 0.2) is 10.7 Å². The molecule has 1 saturated heterocycles. The fraction of sp³-hybridized carbons (Fsp3) is 0.280.